The fraction of sp³-hybridized carbons (Fsp3) is 0.350. The molecule has 1 atom stereocenters. The Bertz CT molecular complexity index is 944. The molecule has 2 aliphatic heterocycles. The molecule has 0 radical (unpaired) electrons. The lowest BCUT2D eigenvalue weighted by Crippen LogP contribution is -2.40. The van der Waals surface area contributed by atoms with Gasteiger partial charge in [-0.2, -0.15) is 5.10 Å². The quantitative estimate of drug-likeness (QED) is 0.723. The number of carbonyl (C=O) groups excluding carboxylic acids is 2. The van der Waals surface area contributed by atoms with Crippen LogP contribution in [0.15, 0.2) is 40.8 Å². The molecule has 0 saturated heterocycles. The van der Waals surface area contributed by atoms with Gasteiger partial charge >= 0.3 is 0 Å². The molecule has 2 aliphatic rings. The van der Waals surface area contributed by atoms with Gasteiger partial charge < -0.3 is 19.1 Å². The highest BCUT2D eigenvalue weighted by molar-refractivity contribution is 7.12. The Morgan fingerprint density at radius 3 is 2.90 bits per heavy atom. The molecule has 1 aromatic heterocycles. The van der Waals surface area contributed by atoms with E-state index in [4.69, 9.17) is 14.2 Å². The summed E-state index contributed by atoms with van der Waals surface area (Å²) in [5.74, 6) is 0.828. The third-order valence-electron chi connectivity index (χ3n) is 4.82. The van der Waals surface area contributed by atoms with Crippen LogP contribution < -0.4 is 9.47 Å². The second-order valence-corrected chi connectivity index (χ2v) is 7.73. The van der Waals surface area contributed by atoms with E-state index in [1.54, 1.807) is 18.4 Å². The van der Waals surface area contributed by atoms with Crippen molar-refractivity contribution in [1.29, 1.82) is 0 Å². The standard InChI is InChI=1S/C20H21N3O5S/c1-22(20(25)11-26-2)10-19(24)23-15(9-14(21-23)18-4-3-7-29-18)13-5-6-16-17(8-13)28-12-27-16/h3-8,15H,9-12H2,1-2H3/t15-/m1/s1. The summed E-state index contributed by atoms with van der Waals surface area (Å²) in [4.78, 5) is 27.4. The van der Waals surface area contributed by atoms with Gasteiger partial charge in [-0.1, -0.05) is 12.1 Å². The van der Waals surface area contributed by atoms with Crippen LogP contribution in [-0.2, 0) is 14.3 Å². The molecule has 0 spiro atoms. The van der Waals surface area contributed by atoms with Gasteiger partial charge in [-0.05, 0) is 29.1 Å². The number of nitrogens with zero attached hydrogens (tertiary/aromatic N) is 3. The Kier molecular flexibility index (Phi) is 5.50. The topological polar surface area (TPSA) is 80.7 Å². The van der Waals surface area contributed by atoms with Crippen LogP contribution >= 0.6 is 11.3 Å². The van der Waals surface area contributed by atoms with Gasteiger partial charge in [0.1, 0.15) is 13.2 Å². The molecular weight excluding hydrogens is 394 g/mol. The predicted molar refractivity (Wildman–Crippen MR) is 107 cm³/mol. The van der Waals surface area contributed by atoms with Crippen LogP contribution in [0.25, 0.3) is 0 Å². The Morgan fingerprint density at radius 2 is 2.14 bits per heavy atom. The Labute approximate surface area is 172 Å². The van der Waals surface area contributed by atoms with Gasteiger partial charge in [0.15, 0.2) is 11.5 Å². The van der Waals surface area contributed by atoms with Crippen LogP contribution in [0.1, 0.15) is 22.9 Å². The molecule has 2 amide bonds. The minimum absolute atomic E-state index is 0.0704. The van der Waals surface area contributed by atoms with Gasteiger partial charge in [0, 0.05) is 20.6 Å². The predicted octanol–water partition coefficient (Wildman–Crippen LogP) is 2.26. The number of hydrazone groups is 1. The summed E-state index contributed by atoms with van der Waals surface area (Å²) in [5.41, 5.74) is 1.76. The lowest BCUT2D eigenvalue weighted by Gasteiger charge is -2.25. The molecule has 29 heavy (non-hydrogen) atoms. The molecule has 0 saturated carbocycles. The van der Waals surface area contributed by atoms with Crippen molar-refractivity contribution in [3.05, 3.63) is 46.2 Å². The number of hydrogen-bond acceptors (Lipinski definition) is 7. The second-order valence-electron chi connectivity index (χ2n) is 6.78. The number of fused-ring (bicyclic) bond motifs is 1. The summed E-state index contributed by atoms with van der Waals surface area (Å²) in [5, 5.41) is 8.07. The SMILES string of the molecule is COCC(=O)N(C)CC(=O)N1N=C(c2cccs2)C[C@@H]1c1ccc2c(c1)OCO2. The number of carbonyl (C=O) groups is 2. The number of thiophene rings is 1. The molecule has 152 valence electrons. The first-order valence-electron chi connectivity index (χ1n) is 9.12. The molecule has 0 N–H and O–H groups in total. The van der Waals surface area contributed by atoms with Gasteiger partial charge in [-0.15, -0.1) is 11.3 Å². The van der Waals surface area contributed by atoms with Crippen molar-refractivity contribution < 1.29 is 23.8 Å². The van der Waals surface area contributed by atoms with Crippen molar-refractivity contribution in [1.82, 2.24) is 9.91 Å². The van der Waals surface area contributed by atoms with Crippen LogP contribution in [0.4, 0.5) is 0 Å². The van der Waals surface area contributed by atoms with Crippen LogP contribution in [-0.4, -0.2) is 61.5 Å². The molecule has 1 aromatic carbocycles. The first-order chi connectivity index (χ1) is 14.1. The molecule has 8 nitrogen and oxygen atoms in total. The van der Waals surface area contributed by atoms with E-state index < -0.39 is 0 Å². The molecular formula is C20H21N3O5S. The van der Waals surface area contributed by atoms with Crippen molar-refractivity contribution in [2.24, 2.45) is 5.10 Å². The molecule has 4 rings (SSSR count). The van der Waals surface area contributed by atoms with Gasteiger partial charge in [-0.3, -0.25) is 9.59 Å². The van der Waals surface area contributed by atoms with Crippen molar-refractivity contribution in [2.75, 3.05) is 34.1 Å². The number of benzene rings is 1. The molecule has 9 heteroatoms. The molecule has 2 aromatic rings. The third kappa shape index (κ3) is 3.96. The fourth-order valence-electron chi connectivity index (χ4n) is 3.31. The first-order valence-corrected chi connectivity index (χ1v) is 10.0. The van der Waals surface area contributed by atoms with E-state index in [1.165, 1.54) is 17.0 Å². The zero-order valence-electron chi connectivity index (χ0n) is 16.2. The average Bonchev–Trinajstić information content (AvgIpc) is 3.46. The number of likely N-dealkylation sites (N-methyl/N-ethyl adjacent to an activating group) is 1. The fourth-order valence-corrected chi connectivity index (χ4v) is 4.03. The molecule has 3 heterocycles. The van der Waals surface area contributed by atoms with Crippen molar-refractivity contribution >= 4 is 28.9 Å². The Hall–Kier alpha value is -2.91. The average molecular weight is 415 g/mol. The maximum absolute atomic E-state index is 13.0. The van der Waals surface area contributed by atoms with Gasteiger partial charge in [0.2, 0.25) is 12.7 Å². The first kappa shape index (κ1) is 19.4. The zero-order valence-corrected chi connectivity index (χ0v) is 17.0. The summed E-state index contributed by atoms with van der Waals surface area (Å²) < 4.78 is 15.7. The Balaban J connectivity index is 1.59. The monoisotopic (exact) mass is 415 g/mol. The van der Waals surface area contributed by atoms with E-state index >= 15 is 0 Å². The van der Waals surface area contributed by atoms with Crippen LogP contribution in [0.3, 0.4) is 0 Å². The number of rotatable bonds is 6. The maximum atomic E-state index is 13.0. The molecule has 0 unspecified atom stereocenters. The van der Waals surface area contributed by atoms with E-state index in [2.05, 4.69) is 5.10 Å². The van der Waals surface area contributed by atoms with Crippen LogP contribution in [0, 0.1) is 0 Å². The lowest BCUT2D eigenvalue weighted by atomic mass is 10.0. The van der Waals surface area contributed by atoms with Gasteiger partial charge in [0.05, 0.1) is 16.6 Å². The molecule has 0 bridgehead atoms. The summed E-state index contributed by atoms with van der Waals surface area (Å²) in [6.07, 6.45) is 0.585. The third-order valence-corrected chi connectivity index (χ3v) is 5.74. The van der Waals surface area contributed by atoms with Gasteiger partial charge in [0.25, 0.3) is 5.91 Å². The van der Waals surface area contributed by atoms with E-state index in [0.29, 0.717) is 17.9 Å². The van der Waals surface area contributed by atoms with E-state index in [-0.39, 0.29) is 37.8 Å². The zero-order chi connectivity index (χ0) is 20.4. The normalized spacial score (nSPS) is 17.4. The highest BCUT2D eigenvalue weighted by atomic mass is 32.1. The number of hydrogen-bond donors (Lipinski definition) is 0. The number of methoxy groups -OCH3 is 1. The molecule has 0 fully saturated rings. The Morgan fingerprint density at radius 1 is 1.31 bits per heavy atom. The van der Waals surface area contributed by atoms with Crippen molar-refractivity contribution in [2.45, 2.75) is 12.5 Å². The number of ether oxygens (including phenoxy) is 3. The largest absolute Gasteiger partial charge is 0.454 e. The van der Waals surface area contributed by atoms with E-state index in [9.17, 15) is 9.59 Å². The van der Waals surface area contributed by atoms with Crippen LogP contribution in [0.5, 0.6) is 11.5 Å². The van der Waals surface area contributed by atoms with Gasteiger partial charge in [-0.25, -0.2) is 5.01 Å². The molecule has 0 aliphatic carbocycles. The summed E-state index contributed by atoms with van der Waals surface area (Å²) in [6, 6.07) is 9.32. The highest BCUT2D eigenvalue weighted by Gasteiger charge is 2.35. The van der Waals surface area contributed by atoms with E-state index in [1.807, 2.05) is 35.7 Å². The minimum Gasteiger partial charge on any atom is -0.454 e. The lowest BCUT2D eigenvalue weighted by molar-refractivity contribution is -0.142. The van der Waals surface area contributed by atoms with E-state index in [0.717, 1.165) is 16.2 Å². The minimum atomic E-state index is -0.278. The summed E-state index contributed by atoms with van der Waals surface area (Å²) in [7, 11) is 3.02. The summed E-state index contributed by atoms with van der Waals surface area (Å²) in [6.45, 7) is 0.0407. The van der Waals surface area contributed by atoms with Crippen LogP contribution in [0.2, 0.25) is 0 Å². The second kappa shape index (κ2) is 8.22. The smallest absolute Gasteiger partial charge is 0.262 e. The highest BCUT2D eigenvalue weighted by Crippen LogP contribution is 2.39. The summed E-state index contributed by atoms with van der Waals surface area (Å²) >= 11 is 1.58. The van der Waals surface area contributed by atoms with Crippen molar-refractivity contribution in [3.63, 3.8) is 0 Å². The maximum Gasteiger partial charge on any atom is 0.262 e. The number of amides is 2. The van der Waals surface area contributed by atoms with Crippen molar-refractivity contribution in [3.8, 4) is 11.5 Å².